The lowest BCUT2D eigenvalue weighted by Crippen LogP contribution is -2.51. The molecular weight excluding hydrogens is 349 g/mol. The molecule has 2 amide bonds. The zero-order valence-electron chi connectivity index (χ0n) is 14.6. The first-order chi connectivity index (χ1) is 13.1. The van der Waals surface area contributed by atoms with E-state index in [2.05, 4.69) is 4.98 Å². The monoisotopic (exact) mass is 367 g/mol. The van der Waals surface area contributed by atoms with E-state index in [0.717, 1.165) is 0 Å². The highest BCUT2D eigenvalue weighted by Crippen LogP contribution is 2.17. The van der Waals surface area contributed by atoms with Gasteiger partial charge in [-0.25, -0.2) is 9.37 Å². The Morgan fingerprint density at radius 2 is 1.78 bits per heavy atom. The molecule has 1 aliphatic rings. The highest BCUT2D eigenvalue weighted by Gasteiger charge is 2.25. The van der Waals surface area contributed by atoms with Gasteiger partial charge in [0.25, 0.3) is 5.91 Å². The topological polar surface area (TPSA) is 66.7 Å². The third-order valence-electron chi connectivity index (χ3n) is 4.80. The maximum Gasteiger partial charge on any atom is 0.254 e. The van der Waals surface area contributed by atoms with Gasteiger partial charge in [-0.2, -0.15) is 0 Å². The van der Waals surface area contributed by atoms with Crippen molar-refractivity contribution >= 4 is 22.9 Å². The molecule has 1 saturated heterocycles. The predicted molar refractivity (Wildman–Crippen MR) is 96.6 cm³/mol. The maximum atomic E-state index is 13.7. The first kappa shape index (κ1) is 17.2. The molecule has 3 aromatic rings. The van der Waals surface area contributed by atoms with Gasteiger partial charge in [0.2, 0.25) is 5.91 Å². The Morgan fingerprint density at radius 3 is 2.56 bits per heavy atom. The van der Waals surface area contributed by atoms with Crippen molar-refractivity contribution in [3.8, 4) is 0 Å². The summed E-state index contributed by atoms with van der Waals surface area (Å²) in [7, 11) is 0. The number of nitrogens with zero attached hydrogens (tertiary/aromatic N) is 3. The van der Waals surface area contributed by atoms with Gasteiger partial charge in [-0.1, -0.05) is 18.2 Å². The summed E-state index contributed by atoms with van der Waals surface area (Å²) in [5.41, 5.74) is 2.20. The summed E-state index contributed by atoms with van der Waals surface area (Å²) in [5.74, 6) is -0.604. The number of carbonyl (C=O) groups excluding carboxylic acids is 2. The average Bonchev–Trinajstić information content (AvgIpc) is 3.17. The van der Waals surface area contributed by atoms with Gasteiger partial charge in [0, 0.05) is 31.7 Å². The second kappa shape index (κ2) is 7.19. The van der Waals surface area contributed by atoms with E-state index in [1.807, 2.05) is 0 Å². The molecule has 0 radical (unpaired) electrons. The summed E-state index contributed by atoms with van der Waals surface area (Å²) in [4.78, 5) is 32.5. The molecule has 6 nitrogen and oxygen atoms in total. The molecule has 27 heavy (non-hydrogen) atoms. The predicted octanol–water partition coefficient (Wildman–Crippen LogP) is 2.49. The van der Waals surface area contributed by atoms with Crippen LogP contribution in [0.15, 0.2) is 53.3 Å². The van der Waals surface area contributed by atoms with Gasteiger partial charge in [-0.15, -0.1) is 0 Å². The van der Waals surface area contributed by atoms with Gasteiger partial charge in [0.05, 0.1) is 6.42 Å². The van der Waals surface area contributed by atoms with Crippen LogP contribution in [0.3, 0.4) is 0 Å². The van der Waals surface area contributed by atoms with Crippen molar-refractivity contribution in [3.63, 3.8) is 0 Å². The molecule has 2 heterocycles. The molecule has 2 aromatic carbocycles. The molecule has 7 heteroatoms. The number of amides is 2. The van der Waals surface area contributed by atoms with Gasteiger partial charge in [-0.3, -0.25) is 9.59 Å². The van der Waals surface area contributed by atoms with Gasteiger partial charge in [0.1, 0.15) is 11.3 Å². The van der Waals surface area contributed by atoms with Gasteiger partial charge < -0.3 is 14.2 Å². The lowest BCUT2D eigenvalue weighted by Gasteiger charge is -2.35. The van der Waals surface area contributed by atoms with Crippen LogP contribution < -0.4 is 0 Å². The van der Waals surface area contributed by atoms with Crippen LogP contribution in [0.25, 0.3) is 11.1 Å². The van der Waals surface area contributed by atoms with E-state index >= 15 is 0 Å². The second-order valence-electron chi connectivity index (χ2n) is 6.48. The lowest BCUT2D eigenvalue weighted by molar-refractivity contribution is -0.132. The minimum atomic E-state index is -0.373. The molecule has 138 valence electrons. The number of rotatable bonds is 3. The van der Waals surface area contributed by atoms with Crippen LogP contribution >= 0.6 is 0 Å². The van der Waals surface area contributed by atoms with E-state index in [9.17, 15) is 14.0 Å². The largest absolute Gasteiger partial charge is 0.443 e. The molecule has 0 spiro atoms. The third kappa shape index (κ3) is 3.53. The molecule has 0 saturated carbocycles. The highest BCUT2D eigenvalue weighted by molar-refractivity contribution is 5.97. The standard InChI is InChI=1S/C20H18FN3O3/c21-16-4-2-1-3-14(16)12-19(25)23-7-9-24(10-8-23)20(26)15-5-6-17-18(11-15)27-13-22-17/h1-6,11,13H,7-10,12H2. The fraction of sp³-hybridized carbons (Fsp3) is 0.250. The summed E-state index contributed by atoms with van der Waals surface area (Å²) in [6.45, 7) is 1.75. The molecule has 0 atom stereocenters. The van der Waals surface area contributed by atoms with Crippen molar-refractivity contribution in [2.45, 2.75) is 6.42 Å². The number of piperazine rings is 1. The Hall–Kier alpha value is -3.22. The van der Waals surface area contributed by atoms with E-state index in [1.165, 1.54) is 12.5 Å². The second-order valence-corrected chi connectivity index (χ2v) is 6.48. The number of carbonyl (C=O) groups is 2. The highest BCUT2D eigenvalue weighted by atomic mass is 19.1. The minimum Gasteiger partial charge on any atom is -0.443 e. The third-order valence-corrected chi connectivity index (χ3v) is 4.80. The number of aromatic nitrogens is 1. The SMILES string of the molecule is O=C(Cc1ccccc1F)N1CCN(C(=O)c2ccc3ncoc3c2)CC1. The van der Waals surface area contributed by atoms with Crippen molar-refractivity contribution in [3.05, 3.63) is 65.8 Å². The van der Waals surface area contributed by atoms with Crippen LogP contribution in [0.4, 0.5) is 4.39 Å². The first-order valence-electron chi connectivity index (χ1n) is 8.75. The molecule has 0 aliphatic carbocycles. The fourth-order valence-corrected chi connectivity index (χ4v) is 3.25. The normalized spacial score (nSPS) is 14.6. The Balaban J connectivity index is 1.37. The van der Waals surface area contributed by atoms with Crippen LogP contribution in [-0.2, 0) is 11.2 Å². The van der Waals surface area contributed by atoms with E-state index in [4.69, 9.17) is 4.42 Å². The minimum absolute atomic E-state index is 0.0305. The molecule has 1 fully saturated rings. The van der Waals surface area contributed by atoms with Crippen molar-refractivity contribution in [2.24, 2.45) is 0 Å². The van der Waals surface area contributed by atoms with Gasteiger partial charge in [-0.05, 0) is 29.8 Å². The summed E-state index contributed by atoms with van der Waals surface area (Å²) in [5, 5.41) is 0. The molecule has 1 aromatic heterocycles. The average molecular weight is 367 g/mol. The Bertz CT molecular complexity index is 993. The van der Waals surface area contributed by atoms with E-state index < -0.39 is 0 Å². The van der Waals surface area contributed by atoms with E-state index in [1.54, 1.807) is 46.2 Å². The van der Waals surface area contributed by atoms with Crippen molar-refractivity contribution in [2.75, 3.05) is 26.2 Å². The number of fused-ring (bicyclic) bond motifs is 1. The summed E-state index contributed by atoms with van der Waals surface area (Å²) < 4.78 is 19.0. The van der Waals surface area contributed by atoms with Crippen LogP contribution in [0.5, 0.6) is 0 Å². The van der Waals surface area contributed by atoms with Gasteiger partial charge >= 0.3 is 0 Å². The molecule has 0 N–H and O–H groups in total. The summed E-state index contributed by atoms with van der Waals surface area (Å²) in [6.07, 6.45) is 1.38. The van der Waals surface area contributed by atoms with Gasteiger partial charge in [0.15, 0.2) is 12.0 Å². The number of oxazole rings is 1. The summed E-state index contributed by atoms with van der Waals surface area (Å²) in [6, 6.07) is 11.4. The van der Waals surface area contributed by atoms with Crippen molar-refractivity contribution < 1.29 is 18.4 Å². The lowest BCUT2D eigenvalue weighted by atomic mass is 10.1. The molecular formula is C20H18FN3O3. The molecule has 0 unspecified atom stereocenters. The fourth-order valence-electron chi connectivity index (χ4n) is 3.25. The number of hydrogen-bond donors (Lipinski definition) is 0. The molecule has 0 bridgehead atoms. The van der Waals surface area contributed by atoms with E-state index in [-0.39, 0.29) is 24.1 Å². The number of benzene rings is 2. The molecule has 1 aliphatic heterocycles. The molecule has 4 rings (SSSR count). The number of hydrogen-bond acceptors (Lipinski definition) is 4. The summed E-state index contributed by atoms with van der Waals surface area (Å²) >= 11 is 0. The Kier molecular flexibility index (Phi) is 4.58. The van der Waals surface area contributed by atoms with Crippen LogP contribution in [-0.4, -0.2) is 52.8 Å². The first-order valence-corrected chi connectivity index (χ1v) is 8.75. The smallest absolute Gasteiger partial charge is 0.254 e. The Morgan fingerprint density at radius 1 is 1.04 bits per heavy atom. The zero-order valence-corrected chi connectivity index (χ0v) is 14.6. The number of halogens is 1. The van der Waals surface area contributed by atoms with Crippen LogP contribution in [0.1, 0.15) is 15.9 Å². The van der Waals surface area contributed by atoms with Crippen LogP contribution in [0, 0.1) is 5.82 Å². The van der Waals surface area contributed by atoms with Crippen LogP contribution in [0.2, 0.25) is 0 Å². The Labute approximate surface area is 155 Å². The van der Waals surface area contributed by atoms with E-state index in [0.29, 0.717) is 48.4 Å². The maximum absolute atomic E-state index is 13.7. The van der Waals surface area contributed by atoms with Crippen molar-refractivity contribution in [1.82, 2.24) is 14.8 Å². The quantitative estimate of drug-likeness (QED) is 0.713. The zero-order chi connectivity index (χ0) is 18.8. The van der Waals surface area contributed by atoms with Crippen molar-refractivity contribution in [1.29, 1.82) is 0 Å².